The van der Waals surface area contributed by atoms with Crippen molar-refractivity contribution in [1.29, 1.82) is 5.26 Å². The SMILES string of the molecule is COc1cc([C@H]2C(C#N)=C(N)Oc3cc4c(cc32)OCO4)cc(Br)c1OCc1ccc(Cl)cc1. The van der Waals surface area contributed by atoms with Gasteiger partial charge in [0.05, 0.1) is 17.5 Å². The van der Waals surface area contributed by atoms with Gasteiger partial charge >= 0.3 is 0 Å². The van der Waals surface area contributed by atoms with Gasteiger partial charge in [0.1, 0.15) is 24.0 Å². The number of ether oxygens (including phenoxy) is 5. The van der Waals surface area contributed by atoms with Crippen molar-refractivity contribution in [2.45, 2.75) is 12.5 Å². The lowest BCUT2D eigenvalue weighted by Gasteiger charge is -2.27. The number of halogens is 2. The highest BCUT2D eigenvalue weighted by atomic mass is 79.9. The van der Waals surface area contributed by atoms with Crippen LogP contribution in [0.2, 0.25) is 5.02 Å². The molecule has 1 atom stereocenters. The van der Waals surface area contributed by atoms with Gasteiger partial charge in [-0.3, -0.25) is 0 Å². The van der Waals surface area contributed by atoms with Gasteiger partial charge in [0.2, 0.25) is 12.7 Å². The fourth-order valence-corrected chi connectivity index (χ4v) is 4.67. The van der Waals surface area contributed by atoms with Gasteiger partial charge in [-0.15, -0.1) is 0 Å². The van der Waals surface area contributed by atoms with Crippen LogP contribution in [0.1, 0.15) is 22.6 Å². The Bertz CT molecular complexity index is 1350. The minimum Gasteiger partial charge on any atom is -0.493 e. The molecule has 0 aliphatic carbocycles. The second kappa shape index (κ2) is 9.01. The van der Waals surface area contributed by atoms with E-state index >= 15 is 0 Å². The Labute approximate surface area is 209 Å². The molecule has 2 aliphatic rings. The highest BCUT2D eigenvalue weighted by Gasteiger charge is 2.34. The summed E-state index contributed by atoms with van der Waals surface area (Å²) in [6.45, 7) is 0.446. The molecular formula is C25H18BrClN2O5. The Morgan fingerprint density at radius 3 is 2.56 bits per heavy atom. The molecule has 3 aromatic rings. The van der Waals surface area contributed by atoms with Crippen molar-refractivity contribution in [3.05, 3.63) is 86.2 Å². The average molecular weight is 542 g/mol. The van der Waals surface area contributed by atoms with E-state index < -0.39 is 5.92 Å². The molecule has 0 amide bonds. The van der Waals surface area contributed by atoms with Crippen LogP contribution in [0.5, 0.6) is 28.7 Å². The number of nitrogens with two attached hydrogens (primary N) is 1. The summed E-state index contributed by atoms with van der Waals surface area (Å²) in [6, 6.07) is 16.9. The number of hydrogen-bond donors (Lipinski definition) is 1. The van der Waals surface area contributed by atoms with Crippen LogP contribution in [0, 0.1) is 11.3 Å². The molecule has 0 bridgehead atoms. The van der Waals surface area contributed by atoms with Crippen LogP contribution in [0.3, 0.4) is 0 Å². The molecule has 3 aromatic carbocycles. The van der Waals surface area contributed by atoms with Crippen LogP contribution in [0.25, 0.3) is 0 Å². The molecule has 172 valence electrons. The molecule has 0 unspecified atom stereocenters. The molecule has 0 saturated carbocycles. The maximum absolute atomic E-state index is 9.89. The number of rotatable bonds is 5. The van der Waals surface area contributed by atoms with Gasteiger partial charge in [0, 0.05) is 16.7 Å². The number of allylic oxidation sites excluding steroid dienone is 1. The minimum absolute atomic E-state index is 0.0389. The summed E-state index contributed by atoms with van der Waals surface area (Å²) in [4.78, 5) is 0. The first-order valence-electron chi connectivity index (χ1n) is 10.2. The summed E-state index contributed by atoms with van der Waals surface area (Å²) in [5, 5.41) is 10.6. The molecule has 7 nitrogen and oxygen atoms in total. The van der Waals surface area contributed by atoms with E-state index in [2.05, 4.69) is 22.0 Å². The van der Waals surface area contributed by atoms with Crippen LogP contribution in [0.15, 0.2) is 64.5 Å². The lowest BCUT2D eigenvalue weighted by atomic mass is 9.83. The van der Waals surface area contributed by atoms with Crippen LogP contribution in [-0.2, 0) is 6.61 Å². The fourth-order valence-electron chi connectivity index (χ4n) is 3.97. The summed E-state index contributed by atoms with van der Waals surface area (Å²) in [6.07, 6.45) is 0. The Kier molecular flexibility index (Phi) is 5.90. The molecular weight excluding hydrogens is 524 g/mol. The van der Waals surface area contributed by atoms with Gasteiger partial charge in [-0.1, -0.05) is 23.7 Å². The van der Waals surface area contributed by atoms with Crippen molar-refractivity contribution in [2.24, 2.45) is 5.73 Å². The monoisotopic (exact) mass is 540 g/mol. The fraction of sp³-hybridized carbons (Fsp3) is 0.160. The second-order valence-corrected chi connectivity index (χ2v) is 8.91. The van der Waals surface area contributed by atoms with Crippen molar-refractivity contribution in [3.63, 3.8) is 0 Å². The van der Waals surface area contributed by atoms with E-state index in [1.165, 1.54) is 0 Å². The van der Waals surface area contributed by atoms with Gasteiger partial charge in [-0.05, 0) is 57.4 Å². The van der Waals surface area contributed by atoms with Gasteiger partial charge in [0.15, 0.2) is 23.0 Å². The zero-order valence-electron chi connectivity index (χ0n) is 17.9. The van der Waals surface area contributed by atoms with Crippen molar-refractivity contribution >= 4 is 27.5 Å². The summed E-state index contributed by atoms with van der Waals surface area (Å²) >= 11 is 9.57. The molecule has 0 radical (unpaired) electrons. The average Bonchev–Trinajstić information content (AvgIpc) is 3.29. The van der Waals surface area contributed by atoms with E-state index in [4.69, 9.17) is 41.0 Å². The molecule has 0 aromatic heterocycles. The first-order chi connectivity index (χ1) is 16.5. The summed E-state index contributed by atoms with van der Waals surface area (Å²) < 4.78 is 29.1. The normalized spacial score (nSPS) is 15.9. The highest BCUT2D eigenvalue weighted by Crippen LogP contribution is 2.50. The predicted octanol–water partition coefficient (Wildman–Crippen LogP) is 5.64. The van der Waals surface area contributed by atoms with Crippen molar-refractivity contribution in [1.82, 2.24) is 0 Å². The third-order valence-electron chi connectivity index (χ3n) is 5.59. The van der Waals surface area contributed by atoms with Crippen LogP contribution < -0.4 is 29.4 Å². The van der Waals surface area contributed by atoms with E-state index in [-0.39, 0.29) is 18.2 Å². The third-order valence-corrected chi connectivity index (χ3v) is 6.43. The summed E-state index contributed by atoms with van der Waals surface area (Å²) in [5.41, 5.74) is 8.87. The van der Waals surface area contributed by atoms with Gasteiger partial charge in [-0.2, -0.15) is 5.26 Å². The lowest BCUT2D eigenvalue weighted by Crippen LogP contribution is -2.21. The van der Waals surface area contributed by atoms with E-state index in [1.54, 1.807) is 13.2 Å². The minimum atomic E-state index is -0.501. The number of benzene rings is 3. The smallest absolute Gasteiger partial charge is 0.231 e. The number of nitrogens with zero attached hydrogens (tertiary/aromatic N) is 1. The van der Waals surface area contributed by atoms with E-state index in [1.807, 2.05) is 42.5 Å². The van der Waals surface area contributed by atoms with Crippen molar-refractivity contribution in [2.75, 3.05) is 13.9 Å². The molecule has 0 spiro atoms. The Morgan fingerprint density at radius 2 is 1.85 bits per heavy atom. The van der Waals surface area contributed by atoms with Crippen molar-refractivity contribution in [3.8, 4) is 34.8 Å². The highest BCUT2D eigenvalue weighted by molar-refractivity contribution is 9.10. The zero-order chi connectivity index (χ0) is 23.8. The summed E-state index contributed by atoms with van der Waals surface area (Å²) in [7, 11) is 1.56. The quantitative estimate of drug-likeness (QED) is 0.447. The molecule has 9 heteroatoms. The van der Waals surface area contributed by atoms with Gasteiger partial charge in [-0.25, -0.2) is 0 Å². The number of fused-ring (bicyclic) bond motifs is 2. The van der Waals surface area contributed by atoms with Crippen molar-refractivity contribution < 1.29 is 23.7 Å². The number of nitriles is 1. The lowest BCUT2D eigenvalue weighted by molar-refractivity contribution is 0.174. The van der Waals surface area contributed by atoms with Gasteiger partial charge in [0.25, 0.3) is 0 Å². The Hall–Kier alpha value is -3.54. The third kappa shape index (κ3) is 3.98. The second-order valence-electron chi connectivity index (χ2n) is 7.62. The van der Waals surface area contributed by atoms with Gasteiger partial charge < -0.3 is 29.4 Å². The van der Waals surface area contributed by atoms with Crippen LogP contribution >= 0.6 is 27.5 Å². The van der Waals surface area contributed by atoms with E-state index in [0.29, 0.717) is 44.8 Å². The predicted molar refractivity (Wildman–Crippen MR) is 128 cm³/mol. The van der Waals surface area contributed by atoms with Crippen LogP contribution in [-0.4, -0.2) is 13.9 Å². The Balaban J connectivity index is 1.55. The summed E-state index contributed by atoms with van der Waals surface area (Å²) in [5.74, 6) is 2.23. The number of methoxy groups -OCH3 is 1. The molecule has 34 heavy (non-hydrogen) atoms. The van der Waals surface area contributed by atoms with Crippen LogP contribution in [0.4, 0.5) is 0 Å². The number of hydrogen-bond acceptors (Lipinski definition) is 7. The largest absolute Gasteiger partial charge is 0.493 e. The topological polar surface area (TPSA) is 96.0 Å². The molecule has 2 aliphatic heterocycles. The van der Waals surface area contributed by atoms with E-state index in [9.17, 15) is 5.26 Å². The zero-order valence-corrected chi connectivity index (χ0v) is 20.3. The standard InChI is InChI=1S/C25H18BrClN2O5/c1-30-22-7-14(6-18(26)24(22)31-11-13-2-4-15(27)5-3-13)23-16-8-20-21(33-12-32-20)9-19(16)34-25(29)17(23)10-28/h2-9,23H,11-12,29H2,1H3/t23-/m1/s1. The molecule has 2 heterocycles. The molecule has 0 fully saturated rings. The molecule has 2 N–H and O–H groups in total. The Morgan fingerprint density at radius 1 is 1.12 bits per heavy atom. The first kappa shape index (κ1) is 22.3. The maximum atomic E-state index is 9.89. The first-order valence-corrected chi connectivity index (χ1v) is 11.4. The van der Waals surface area contributed by atoms with E-state index in [0.717, 1.165) is 16.7 Å². The maximum Gasteiger partial charge on any atom is 0.231 e. The molecule has 0 saturated heterocycles. The molecule has 5 rings (SSSR count).